The zero-order chi connectivity index (χ0) is 0. The van der Waals surface area contributed by atoms with E-state index in [4.69, 9.17) is 0 Å². The van der Waals surface area contributed by atoms with E-state index in [9.17, 15) is 0 Å². The Bertz CT molecular complexity index is 3.61. The van der Waals surface area contributed by atoms with Crippen LogP contribution in [0, 0.1) is 0 Å². The van der Waals surface area contributed by atoms with Crippen molar-refractivity contribution in [1.29, 1.82) is 0 Å². The maximum atomic E-state index is 0. The first-order chi connectivity index (χ1) is 0. The molecule has 0 aliphatic heterocycles. The molecule has 0 unspecified atom stereocenters. The molecule has 0 aromatic heterocycles. The molecule has 0 fully saturated rings. The molecule has 0 nitrogen and oxygen atoms in total. The minimum absolute atomic E-state index is 0. The van der Waals surface area contributed by atoms with E-state index in [0.717, 1.165) is 0 Å². The average molecular weight is 323 g/mol. The quantitative estimate of drug-likeness (QED) is 0.389. The molecular formula is CmF4-4. The van der Waals surface area contributed by atoms with Crippen LogP contribution in [0.3, 0.4) is 0 Å². The molecule has 0 spiro atoms. The van der Waals surface area contributed by atoms with Crippen LogP contribution in [0.2, 0.25) is 0 Å². The Morgan fingerprint density at radius 3 is 0.400 bits per heavy atom. The van der Waals surface area contributed by atoms with Crippen molar-refractivity contribution in [1.82, 2.24) is 0 Å². The molecule has 5 heteroatoms. The van der Waals surface area contributed by atoms with Gasteiger partial charge < -0.3 is 18.8 Å². The second-order valence-electron chi connectivity index (χ2n) is 0. The molecule has 5 heavy (non-hydrogen) atoms. The van der Waals surface area contributed by atoms with Gasteiger partial charge in [0.1, 0.15) is 0 Å². The monoisotopic (exact) mass is 319 g/mol. The molecule has 0 N–H and O–H groups in total. The summed E-state index contributed by atoms with van der Waals surface area (Å²) >= 11 is 0. The maximum Gasteiger partial charge on any atom is 0 e. The van der Waals surface area contributed by atoms with Crippen molar-refractivity contribution < 1.29 is 18.8 Å². The van der Waals surface area contributed by atoms with E-state index in [-0.39, 0.29) is 18.8 Å². The van der Waals surface area contributed by atoms with Crippen LogP contribution in [0.15, 0.2) is 0 Å². The molecule has 0 saturated heterocycles. The third-order valence-corrected chi connectivity index (χ3v) is 0. The van der Waals surface area contributed by atoms with Gasteiger partial charge in [-0.15, -0.1) is 0 Å². The molecule has 0 saturated carbocycles. The van der Waals surface area contributed by atoms with Crippen molar-refractivity contribution in [3.05, 3.63) is 0 Å². The maximum absolute atomic E-state index is 0. The van der Waals surface area contributed by atoms with Crippen molar-refractivity contribution in [2.45, 2.75) is 0 Å². The van der Waals surface area contributed by atoms with E-state index in [1.165, 1.54) is 0 Å². The van der Waals surface area contributed by atoms with Crippen molar-refractivity contribution in [2.24, 2.45) is 0 Å². The van der Waals surface area contributed by atoms with E-state index in [0.29, 0.717) is 0 Å². The zero-order valence-corrected chi connectivity index (χ0v) is 4.81. The van der Waals surface area contributed by atoms with Crippen LogP contribution in [0.5, 0.6) is 0 Å². The van der Waals surface area contributed by atoms with Crippen LogP contribution in [-0.4, -0.2) is 0 Å². The second-order valence-corrected chi connectivity index (χ2v) is 0. The summed E-state index contributed by atoms with van der Waals surface area (Å²) in [4.78, 5) is 0. The number of hydrogen-bond donors (Lipinski definition) is 0. The molecular weight excluding hydrogens is 323 g/mol. The van der Waals surface area contributed by atoms with Gasteiger partial charge in [0, 0.05) is 0 Å². The van der Waals surface area contributed by atoms with Crippen LogP contribution in [0.1, 0.15) is 0 Å². The van der Waals surface area contributed by atoms with Gasteiger partial charge in [-0.25, -0.2) is 0 Å². The zero-order valence-electron chi connectivity index (χ0n) is 1.87. The van der Waals surface area contributed by atoms with Crippen molar-refractivity contribution >= 4 is 0 Å². The van der Waals surface area contributed by atoms with Gasteiger partial charge in [-0.05, 0) is 0 Å². The molecule has 0 atom stereocenters. The summed E-state index contributed by atoms with van der Waals surface area (Å²) in [5.74, 6) is 0. The average Bonchev–Trinajstić information content (AvgIpc) is 0. The summed E-state index contributed by atoms with van der Waals surface area (Å²) in [6, 6.07) is 0. The summed E-state index contributed by atoms with van der Waals surface area (Å²) in [6.07, 6.45) is 0. The summed E-state index contributed by atoms with van der Waals surface area (Å²) in [5.41, 5.74) is 0. The van der Waals surface area contributed by atoms with Crippen LogP contribution in [0.25, 0.3) is 0 Å². The van der Waals surface area contributed by atoms with Crippen LogP contribution < -0.4 is 18.8 Å². The Balaban J connectivity index is 0. The predicted octanol–water partition coefficient (Wildman–Crippen LogP) is -12.0. The molecule has 0 amide bonds. The van der Waals surface area contributed by atoms with Gasteiger partial charge in [-0.2, -0.15) is 0 Å². The van der Waals surface area contributed by atoms with Gasteiger partial charge in [0.15, 0.2) is 0 Å². The van der Waals surface area contributed by atoms with Gasteiger partial charge in [0.05, 0.1) is 0 Å². The summed E-state index contributed by atoms with van der Waals surface area (Å²) < 4.78 is 0. The molecule has 40 valence electrons. The van der Waals surface area contributed by atoms with Crippen molar-refractivity contribution in [2.75, 3.05) is 0 Å². The Morgan fingerprint density at radius 1 is 0.400 bits per heavy atom. The van der Waals surface area contributed by atoms with Crippen LogP contribution in [0.4, 0.5) is 0 Å². The van der Waals surface area contributed by atoms with E-state index in [1.807, 2.05) is 0 Å². The minimum Gasteiger partial charge on any atom is -1.00 e. The molecule has 0 aliphatic carbocycles. The first-order valence-corrected chi connectivity index (χ1v) is 0. The SMILES string of the molecule is [Cm].[F-].[F-].[F-].[F-]. The third kappa shape index (κ3) is 0.861. The van der Waals surface area contributed by atoms with Gasteiger partial charge in [0.2, 0.25) is 0 Å². The molecule has 0 bridgehead atoms. The van der Waals surface area contributed by atoms with Gasteiger partial charge >= 0.3 is 0 Å². The largest absolute Gasteiger partial charge is 1.00 e. The van der Waals surface area contributed by atoms with E-state index < -0.39 is 0 Å². The molecule has 0 rings (SSSR count). The van der Waals surface area contributed by atoms with Gasteiger partial charge in [0.25, 0.3) is 0 Å². The predicted molar refractivity (Wildman–Crippen MR) is 0 cm³/mol. The smallest absolute Gasteiger partial charge is 0 e. The number of halogens is 4. The number of rotatable bonds is 0. The van der Waals surface area contributed by atoms with Gasteiger partial charge in [-0.1, -0.05) is 0 Å². The molecule has 0 aliphatic rings. The van der Waals surface area contributed by atoms with Gasteiger partial charge in [-0.3, -0.25) is 0 Å². The topological polar surface area (TPSA) is 0 Å². The second kappa shape index (κ2) is 4.91. The normalized spacial score (nSPS) is 0. The first-order valence-electron chi connectivity index (χ1n) is 0. The number of hydrogen-bond acceptors (Lipinski definition) is 0. The Kier molecular flexibility index (Phi) is 16.5. The minimum atomic E-state index is 0. The molecule has 0 radical (unpaired) electrons. The third-order valence-electron chi connectivity index (χ3n) is 0. The van der Waals surface area contributed by atoms with Crippen molar-refractivity contribution in [3.63, 3.8) is 0 Å². The summed E-state index contributed by atoms with van der Waals surface area (Å²) in [5, 5.41) is 0. The standard InChI is InChI=1S/Cm.4FH/h;4*1H/p-4. The van der Waals surface area contributed by atoms with E-state index >= 15 is 0 Å². The van der Waals surface area contributed by atoms with Crippen LogP contribution in [-0.2, 0) is 0 Å². The van der Waals surface area contributed by atoms with E-state index in [1.54, 1.807) is 0 Å². The summed E-state index contributed by atoms with van der Waals surface area (Å²) in [7, 11) is 0. The summed E-state index contributed by atoms with van der Waals surface area (Å²) in [6.45, 7) is 0. The molecule has 0 aromatic rings. The van der Waals surface area contributed by atoms with Crippen molar-refractivity contribution in [3.8, 4) is 0 Å². The molecule has 0 heterocycles. The molecule has 0 aromatic carbocycles. The Morgan fingerprint density at radius 2 is 0.400 bits per heavy atom. The fourth-order valence-corrected chi connectivity index (χ4v) is 0. The fourth-order valence-electron chi connectivity index (χ4n) is 0. The van der Waals surface area contributed by atoms with E-state index in [2.05, 4.69) is 0 Å². The first kappa shape index (κ1) is 16.8. The Labute approximate surface area is 20.3 Å². The Hall–Kier alpha value is -1.28. The fraction of sp³-hybridized carbons (Fsp3) is 0. The van der Waals surface area contributed by atoms with Crippen LogP contribution >= 0.6 is 0 Å².